The number of carbonyl (C=O) groups excluding carboxylic acids is 1. The second-order valence-corrected chi connectivity index (χ2v) is 3.14. The highest BCUT2D eigenvalue weighted by molar-refractivity contribution is 5.82. The predicted octanol–water partition coefficient (Wildman–Crippen LogP) is -2.44. The van der Waals surface area contributed by atoms with Crippen LogP contribution >= 0.6 is 0 Å². The zero-order valence-corrected chi connectivity index (χ0v) is 8.52. The van der Waals surface area contributed by atoms with E-state index in [1.807, 2.05) is 9.97 Å². The molecule has 8 nitrogen and oxygen atoms in total. The number of Topliss-reactive ketones (excluding diaryl/α,β-unsaturated/α-hetero) is 1. The van der Waals surface area contributed by atoms with Gasteiger partial charge in [-0.1, -0.05) is 6.92 Å². The number of hydrogen-bond acceptors (Lipinski definition) is 5. The minimum Gasteiger partial charge on any atom is -0.383 e. The van der Waals surface area contributed by atoms with E-state index in [-0.39, 0.29) is 6.42 Å². The molecule has 0 aliphatic heterocycles. The number of carbonyl (C=O) groups is 1. The maximum atomic E-state index is 11.2. The number of aliphatic hydroxyl groups excluding tert-OH is 1. The van der Waals surface area contributed by atoms with Crippen molar-refractivity contribution in [3.8, 4) is 0 Å². The van der Waals surface area contributed by atoms with Gasteiger partial charge in [0.05, 0.1) is 6.54 Å². The van der Waals surface area contributed by atoms with Gasteiger partial charge in [-0.2, -0.15) is 0 Å². The summed E-state index contributed by atoms with van der Waals surface area (Å²) in [6.07, 6.45) is -1.34. The van der Waals surface area contributed by atoms with Gasteiger partial charge in [0.1, 0.15) is 6.10 Å². The van der Waals surface area contributed by atoms with Crippen molar-refractivity contribution in [1.82, 2.24) is 14.5 Å². The molecule has 0 aromatic carbocycles. The van der Waals surface area contributed by atoms with Crippen molar-refractivity contribution in [1.29, 1.82) is 0 Å². The van der Waals surface area contributed by atoms with Gasteiger partial charge >= 0.3 is 17.1 Å². The molecule has 0 saturated heterocycles. The van der Waals surface area contributed by atoms with Gasteiger partial charge in [0.25, 0.3) is 0 Å². The van der Waals surface area contributed by atoms with Crippen LogP contribution in [0.5, 0.6) is 0 Å². The smallest absolute Gasteiger partial charge is 0.333 e. The van der Waals surface area contributed by atoms with Crippen LogP contribution in [-0.2, 0) is 11.3 Å². The van der Waals surface area contributed by atoms with Crippen molar-refractivity contribution >= 4 is 5.78 Å². The molecule has 0 aliphatic carbocycles. The summed E-state index contributed by atoms with van der Waals surface area (Å²) in [5.74, 6) is -0.488. The van der Waals surface area contributed by atoms with Gasteiger partial charge < -0.3 is 5.11 Å². The molecule has 0 aliphatic rings. The van der Waals surface area contributed by atoms with E-state index in [1.165, 1.54) is 0 Å². The van der Waals surface area contributed by atoms with Crippen molar-refractivity contribution < 1.29 is 9.90 Å². The lowest BCUT2D eigenvalue weighted by Crippen LogP contribution is -2.46. The maximum absolute atomic E-state index is 11.2. The molecule has 0 saturated carbocycles. The SMILES string of the molecule is CCC(=O)C(O)Cn1c(=O)[nH]c(=O)[nH]c1=O. The number of nitrogens with one attached hydrogen (secondary N) is 2. The number of ketones is 1. The van der Waals surface area contributed by atoms with E-state index >= 15 is 0 Å². The Labute approximate surface area is 88.6 Å². The van der Waals surface area contributed by atoms with Crippen LogP contribution in [0.4, 0.5) is 0 Å². The van der Waals surface area contributed by atoms with Crippen LogP contribution in [0.2, 0.25) is 0 Å². The summed E-state index contributed by atoms with van der Waals surface area (Å²) in [7, 11) is 0. The number of aliphatic hydroxyl groups is 1. The van der Waals surface area contributed by atoms with E-state index in [4.69, 9.17) is 0 Å². The van der Waals surface area contributed by atoms with E-state index < -0.39 is 35.5 Å². The van der Waals surface area contributed by atoms with Crippen LogP contribution in [0.3, 0.4) is 0 Å². The molecule has 1 aromatic heterocycles. The number of aromatic nitrogens is 3. The third kappa shape index (κ3) is 2.54. The van der Waals surface area contributed by atoms with Gasteiger partial charge in [0.2, 0.25) is 0 Å². The fourth-order valence-electron chi connectivity index (χ4n) is 1.13. The minimum absolute atomic E-state index is 0.0944. The van der Waals surface area contributed by atoms with Crippen molar-refractivity contribution in [2.45, 2.75) is 26.0 Å². The molecular weight excluding hydrogens is 218 g/mol. The molecule has 0 radical (unpaired) electrons. The molecular formula is C8H11N3O5. The third-order valence-corrected chi connectivity index (χ3v) is 2.01. The summed E-state index contributed by atoms with van der Waals surface area (Å²) in [6.45, 7) is 1.07. The second-order valence-electron chi connectivity index (χ2n) is 3.14. The van der Waals surface area contributed by atoms with Crippen molar-refractivity contribution in [3.63, 3.8) is 0 Å². The van der Waals surface area contributed by atoms with Gasteiger partial charge in [0.15, 0.2) is 5.78 Å². The molecule has 0 amide bonds. The lowest BCUT2D eigenvalue weighted by molar-refractivity contribution is -0.127. The Morgan fingerprint density at radius 3 is 2.25 bits per heavy atom. The van der Waals surface area contributed by atoms with E-state index in [0.717, 1.165) is 0 Å². The molecule has 1 rings (SSSR count). The van der Waals surface area contributed by atoms with Gasteiger partial charge in [0, 0.05) is 6.42 Å². The van der Waals surface area contributed by atoms with Crippen molar-refractivity contribution in [2.75, 3.05) is 0 Å². The van der Waals surface area contributed by atoms with Gasteiger partial charge in [-0.3, -0.25) is 14.8 Å². The third-order valence-electron chi connectivity index (χ3n) is 2.01. The van der Waals surface area contributed by atoms with Crippen LogP contribution in [0.15, 0.2) is 14.4 Å². The largest absolute Gasteiger partial charge is 0.383 e. The maximum Gasteiger partial charge on any atom is 0.333 e. The summed E-state index contributed by atoms with van der Waals surface area (Å²) in [4.78, 5) is 47.7. The fourth-order valence-corrected chi connectivity index (χ4v) is 1.13. The number of hydrogen-bond donors (Lipinski definition) is 3. The fraction of sp³-hybridized carbons (Fsp3) is 0.500. The molecule has 1 atom stereocenters. The molecule has 0 spiro atoms. The first-order valence-electron chi connectivity index (χ1n) is 4.60. The Balaban J connectivity index is 3.08. The average molecular weight is 229 g/mol. The molecule has 8 heteroatoms. The number of aromatic amines is 2. The van der Waals surface area contributed by atoms with Crippen LogP contribution in [0.25, 0.3) is 0 Å². The van der Waals surface area contributed by atoms with Gasteiger partial charge in [-0.25, -0.2) is 19.0 Å². The lowest BCUT2D eigenvalue weighted by Gasteiger charge is -2.08. The quantitative estimate of drug-likeness (QED) is 0.529. The Bertz CT molecular complexity index is 518. The highest BCUT2D eigenvalue weighted by atomic mass is 16.3. The number of nitrogens with zero attached hydrogens (tertiary/aromatic N) is 1. The summed E-state index contributed by atoms with van der Waals surface area (Å²) in [5.41, 5.74) is -2.85. The zero-order chi connectivity index (χ0) is 12.3. The zero-order valence-electron chi connectivity index (χ0n) is 8.52. The first kappa shape index (κ1) is 12.1. The second kappa shape index (κ2) is 4.71. The topological polar surface area (TPSA) is 125 Å². The van der Waals surface area contributed by atoms with Crippen LogP contribution in [0, 0.1) is 0 Å². The van der Waals surface area contributed by atoms with E-state index in [0.29, 0.717) is 4.57 Å². The first-order chi connectivity index (χ1) is 7.45. The lowest BCUT2D eigenvalue weighted by atomic mass is 10.2. The standard InChI is InChI=1S/C8H11N3O5/c1-2-4(12)5(13)3-11-7(15)9-6(14)10-8(11)16/h5,13H,2-3H2,1H3,(H2,9,10,14,15,16). The van der Waals surface area contributed by atoms with E-state index in [2.05, 4.69) is 0 Å². The molecule has 1 aromatic rings. The Morgan fingerprint density at radius 2 is 1.81 bits per heavy atom. The predicted molar refractivity (Wildman–Crippen MR) is 53.2 cm³/mol. The van der Waals surface area contributed by atoms with Crippen LogP contribution in [-0.4, -0.2) is 31.5 Å². The molecule has 1 heterocycles. The van der Waals surface area contributed by atoms with Crippen molar-refractivity contribution in [2.24, 2.45) is 0 Å². The average Bonchev–Trinajstić information content (AvgIpc) is 2.21. The number of rotatable bonds is 4. The minimum atomic E-state index is -1.44. The van der Waals surface area contributed by atoms with Crippen molar-refractivity contribution in [3.05, 3.63) is 31.5 Å². The van der Waals surface area contributed by atoms with E-state index in [9.17, 15) is 24.3 Å². The van der Waals surface area contributed by atoms with Gasteiger partial charge in [-0.05, 0) is 0 Å². The Hall–Kier alpha value is -1.96. The summed E-state index contributed by atoms with van der Waals surface area (Å²) in [6, 6.07) is 0. The highest BCUT2D eigenvalue weighted by Crippen LogP contribution is 1.91. The highest BCUT2D eigenvalue weighted by Gasteiger charge is 2.15. The Morgan fingerprint density at radius 1 is 1.31 bits per heavy atom. The van der Waals surface area contributed by atoms with E-state index in [1.54, 1.807) is 6.92 Å². The monoisotopic (exact) mass is 229 g/mol. The normalized spacial score (nSPS) is 12.4. The molecule has 1 unspecified atom stereocenters. The molecule has 0 bridgehead atoms. The molecule has 3 N–H and O–H groups in total. The summed E-state index contributed by atoms with van der Waals surface area (Å²) < 4.78 is 0.555. The van der Waals surface area contributed by atoms with Gasteiger partial charge in [-0.15, -0.1) is 0 Å². The summed E-state index contributed by atoms with van der Waals surface area (Å²) >= 11 is 0. The van der Waals surface area contributed by atoms with Crippen LogP contribution < -0.4 is 17.1 Å². The summed E-state index contributed by atoms with van der Waals surface area (Å²) in [5, 5.41) is 9.34. The first-order valence-corrected chi connectivity index (χ1v) is 4.60. The molecule has 88 valence electrons. The molecule has 0 fully saturated rings. The Kier molecular flexibility index (Phi) is 3.56. The number of H-pyrrole nitrogens is 2. The molecule has 16 heavy (non-hydrogen) atoms. The van der Waals surface area contributed by atoms with Crippen LogP contribution in [0.1, 0.15) is 13.3 Å².